The van der Waals surface area contributed by atoms with Gasteiger partial charge in [-0.25, -0.2) is 4.79 Å². The van der Waals surface area contributed by atoms with Crippen molar-refractivity contribution >= 4 is 5.97 Å². The molecule has 110 valence electrons. The molecule has 0 saturated heterocycles. The van der Waals surface area contributed by atoms with Crippen molar-refractivity contribution in [1.29, 1.82) is 0 Å². The van der Waals surface area contributed by atoms with E-state index >= 15 is 0 Å². The van der Waals surface area contributed by atoms with Crippen molar-refractivity contribution < 1.29 is 22.7 Å². The summed E-state index contributed by atoms with van der Waals surface area (Å²) in [6.07, 6.45) is -3.02. The van der Waals surface area contributed by atoms with Gasteiger partial charge in [0.2, 0.25) is 0 Å². The summed E-state index contributed by atoms with van der Waals surface area (Å²) in [4.78, 5) is 23.7. The van der Waals surface area contributed by atoms with E-state index in [9.17, 15) is 22.8 Å². The Bertz CT molecular complexity index is 573. The molecule has 0 N–H and O–H groups in total. The van der Waals surface area contributed by atoms with Crippen LogP contribution < -0.4 is 5.56 Å². The number of alkyl halides is 3. The minimum absolute atomic E-state index is 0.0947. The quantitative estimate of drug-likeness (QED) is 0.800. The van der Waals surface area contributed by atoms with Gasteiger partial charge in [-0.15, -0.1) is 0 Å². The molecule has 0 amide bonds. The molecule has 4 nitrogen and oxygen atoms in total. The van der Waals surface area contributed by atoms with Crippen LogP contribution >= 0.6 is 0 Å². The number of aromatic nitrogens is 1. The average Bonchev–Trinajstić information content (AvgIpc) is 3.14. The standard InChI is InChI=1S/C13H14F3NO3/c1-2-20-12(19)10-6-5-9(13(14,15)16)11(18)17(10)7-8-3-4-8/h5-6,8H,2-4,7H2,1H3. The fraction of sp³-hybridized carbons (Fsp3) is 0.538. The summed E-state index contributed by atoms with van der Waals surface area (Å²) in [7, 11) is 0. The molecule has 1 heterocycles. The van der Waals surface area contributed by atoms with Crippen LogP contribution in [0.5, 0.6) is 0 Å². The highest BCUT2D eigenvalue weighted by molar-refractivity contribution is 5.87. The van der Waals surface area contributed by atoms with Crippen LogP contribution in [0.15, 0.2) is 16.9 Å². The molecule has 7 heteroatoms. The molecule has 0 aliphatic heterocycles. The third-order valence-corrected chi connectivity index (χ3v) is 3.10. The smallest absolute Gasteiger partial charge is 0.421 e. The third kappa shape index (κ3) is 3.02. The molecule has 0 atom stereocenters. The predicted octanol–water partition coefficient (Wildman–Crippen LogP) is 2.45. The van der Waals surface area contributed by atoms with E-state index in [4.69, 9.17) is 4.74 Å². The van der Waals surface area contributed by atoms with Crippen LogP contribution in [0.25, 0.3) is 0 Å². The van der Waals surface area contributed by atoms with Gasteiger partial charge in [-0.05, 0) is 37.8 Å². The Morgan fingerprint density at radius 3 is 2.55 bits per heavy atom. The van der Waals surface area contributed by atoms with Crippen molar-refractivity contribution in [1.82, 2.24) is 4.57 Å². The van der Waals surface area contributed by atoms with Crippen LogP contribution in [0, 0.1) is 5.92 Å². The molecular weight excluding hydrogens is 275 g/mol. The topological polar surface area (TPSA) is 48.3 Å². The SMILES string of the molecule is CCOC(=O)c1ccc(C(F)(F)F)c(=O)n1CC1CC1. The lowest BCUT2D eigenvalue weighted by atomic mass is 10.2. The van der Waals surface area contributed by atoms with E-state index in [0.29, 0.717) is 6.07 Å². The van der Waals surface area contributed by atoms with Crippen LogP contribution in [0.4, 0.5) is 13.2 Å². The normalized spacial score (nSPS) is 15.2. The molecule has 1 saturated carbocycles. The maximum absolute atomic E-state index is 12.7. The molecule has 1 fully saturated rings. The van der Waals surface area contributed by atoms with Crippen LogP contribution in [0.2, 0.25) is 0 Å². The lowest BCUT2D eigenvalue weighted by Gasteiger charge is -2.14. The van der Waals surface area contributed by atoms with Gasteiger partial charge in [0.1, 0.15) is 11.3 Å². The number of nitrogens with zero attached hydrogens (tertiary/aromatic N) is 1. The zero-order chi connectivity index (χ0) is 14.9. The highest BCUT2D eigenvalue weighted by Crippen LogP contribution is 2.31. The van der Waals surface area contributed by atoms with Crippen LogP contribution in [-0.4, -0.2) is 17.1 Å². The molecule has 1 aromatic heterocycles. The second-order valence-electron chi connectivity index (χ2n) is 4.71. The molecule has 0 radical (unpaired) electrons. The van der Waals surface area contributed by atoms with Gasteiger partial charge < -0.3 is 9.30 Å². The molecule has 1 aliphatic rings. The molecule has 20 heavy (non-hydrogen) atoms. The average molecular weight is 289 g/mol. The number of carbonyl (C=O) groups is 1. The van der Waals surface area contributed by atoms with Gasteiger partial charge >= 0.3 is 12.1 Å². The van der Waals surface area contributed by atoms with Crippen LogP contribution in [0.1, 0.15) is 35.8 Å². The first-order valence-electron chi connectivity index (χ1n) is 6.32. The van der Waals surface area contributed by atoms with E-state index in [2.05, 4.69) is 0 Å². The van der Waals surface area contributed by atoms with Gasteiger partial charge in [0.05, 0.1) is 6.61 Å². The van der Waals surface area contributed by atoms with E-state index in [1.165, 1.54) is 0 Å². The molecule has 0 bridgehead atoms. The van der Waals surface area contributed by atoms with Crippen molar-refractivity contribution in [2.45, 2.75) is 32.5 Å². The molecular formula is C13H14F3NO3. The van der Waals surface area contributed by atoms with Crippen LogP contribution in [-0.2, 0) is 17.5 Å². The number of halogens is 3. The number of rotatable bonds is 4. The maximum Gasteiger partial charge on any atom is 0.421 e. The Morgan fingerprint density at radius 2 is 2.05 bits per heavy atom. The van der Waals surface area contributed by atoms with E-state index < -0.39 is 23.3 Å². The number of pyridine rings is 1. The molecule has 0 unspecified atom stereocenters. The predicted molar refractivity (Wildman–Crippen MR) is 64.4 cm³/mol. The highest BCUT2D eigenvalue weighted by Gasteiger charge is 2.36. The lowest BCUT2D eigenvalue weighted by molar-refractivity contribution is -0.139. The van der Waals surface area contributed by atoms with Gasteiger partial charge in [-0.3, -0.25) is 4.79 Å². The second kappa shape index (κ2) is 5.30. The highest BCUT2D eigenvalue weighted by atomic mass is 19.4. The fourth-order valence-corrected chi connectivity index (χ4v) is 1.92. The van der Waals surface area contributed by atoms with Gasteiger partial charge in [0.15, 0.2) is 0 Å². The van der Waals surface area contributed by atoms with Crippen molar-refractivity contribution in [3.63, 3.8) is 0 Å². The van der Waals surface area contributed by atoms with E-state index in [1.54, 1.807) is 6.92 Å². The molecule has 1 aromatic rings. The van der Waals surface area contributed by atoms with Crippen molar-refractivity contribution in [3.8, 4) is 0 Å². The summed E-state index contributed by atoms with van der Waals surface area (Å²) in [6.45, 7) is 1.81. The molecule has 0 spiro atoms. The number of carbonyl (C=O) groups excluding carboxylic acids is 1. The van der Waals surface area contributed by atoms with Crippen LogP contribution in [0.3, 0.4) is 0 Å². The van der Waals surface area contributed by atoms with E-state index in [-0.39, 0.29) is 24.8 Å². The van der Waals surface area contributed by atoms with Crippen molar-refractivity contribution in [2.24, 2.45) is 5.92 Å². The first-order valence-corrected chi connectivity index (χ1v) is 6.32. The number of esters is 1. The largest absolute Gasteiger partial charge is 0.461 e. The zero-order valence-corrected chi connectivity index (χ0v) is 10.9. The monoisotopic (exact) mass is 289 g/mol. The fourth-order valence-electron chi connectivity index (χ4n) is 1.92. The Morgan fingerprint density at radius 1 is 1.40 bits per heavy atom. The summed E-state index contributed by atoms with van der Waals surface area (Å²) in [5.41, 5.74) is -2.57. The summed E-state index contributed by atoms with van der Waals surface area (Å²) in [6, 6.07) is 1.64. The Labute approximate surface area is 113 Å². The summed E-state index contributed by atoms with van der Waals surface area (Å²) < 4.78 is 43.9. The lowest BCUT2D eigenvalue weighted by Crippen LogP contribution is -2.33. The minimum Gasteiger partial charge on any atom is -0.461 e. The first-order chi connectivity index (χ1) is 9.34. The first kappa shape index (κ1) is 14.6. The van der Waals surface area contributed by atoms with Gasteiger partial charge in [0, 0.05) is 6.54 Å². The number of hydrogen-bond donors (Lipinski definition) is 0. The Hall–Kier alpha value is -1.79. The van der Waals surface area contributed by atoms with Gasteiger partial charge in [-0.2, -0.15) is 13.2 Å². The summed E-state index contributed by atoms with van der Waals surface area (Å²) in [5, 5.41) is 0. The van der Waals surface area contributed by atoms with Crippen molar-refractivity contribution in [2.75, 3.05) is 6.61 Å². The second-order valence-corrected chi connectivity index (χ2v) is 4.71. The maximum atomic E-state index is 12.7. The van der Waals surface area contributed by atoms with Crippen molar-refractivity contribution in [3.05, 3.63) is 33.7 Å². The minimum atomic E-state index is -4.73. The van der Waals surface area contributed by atoms with Gasteiger partial charge in [-0.1, -0.05) is 0 Å². The molecule has 0 aromatic carbocycles. The van der Waals surface area contributed by atoms with Gasteiger partial charge in [0.25, 0.3) is 5.56 Å². The third-order valence-electron chi connectivity index (χ3n) is 3.10. The molecule has 1 aliphatic carbocycles. The molecule has 2 rings (SSSR count). The zero-order valence-electron chi connectivity index (χ0n) is 10.9. The Balaban J connectivity index is 2.49. The number of hydrogen-bond acceptors (Lipinski definition) is 3. The van der Waals surface area contributed by atoms with E-state index in [0.717, 1.165) is 23.5 Å². The number of ether oxygens (including phenoxy) is 1. The summed E-state index contributed by atoms with van der Waals surface area (Å²) in [5.74, 6) is -0.622. The Kier molecular flexibility index (Phi) is 3.87. The summed E-state index contributed by atoms with van der Waals surface area (Å²) >= 11 is 0. The van der Waals surface area contributed by atoms with E-state index in [1.807, 2.05) is 0 Å².